The van der Waals surface area contributed by atoms with Gasteiger partial charge in [0.1, 0.15) is 0 Å². The van der Waals surface area contributed by atoms with Crippen LogP contribution in [0.1, 0.15) is 41.6 Å². The highest BCUT2D eigenvalue weighted by Crippen LogP contribution is 2.28. The van der Waals surface area contributed by atoms with Crippen LogP contribution in [-0.4, -0.2) is 25.6 Å². The Bertz CT molecular complexity index is 1080. The molecule has 1 atom stereocenters. The normalized spacial score (nSPS) is 11.8. The average molecular weight is 452 g/mol. The van der Waals surface area contributed by atoms with Crippen LogP contribution in [0.3, 0.4) is 0 Å². The number of rotatable bonds is 10. The molecule has 0 aliphatic rings. The van der Waals surface area contributed by atoms with Crippen molar-refractivity contribution >= 4 is 23.4 Å². The number of benzene rings is 2. The van der Waals surface area contributed by atoms with Crippen molar-refractivity contribution in [3.63, 3.8) is 0 Å². The van der Waals surface area contributed by atoms with E-state index in [-0.39, 0.29) is 23.6 Å². The highest BCUT2D eigenvalue weighted by Gasteiger charge is 2.26. The number of non-ortho nitro benzene ring substituents is 1. The number of allylic oxidation sites excluding steroid dienone is 1. The van der Waals surface area contributed by atoms with Gasteiger partial charge in [0, 0.05) is 30.0 Å². The van der Waals surface area contributed by atoms with Crippen molar-refractivity contribution in [3.8, 4) is 0 Å². The van der Waals surface area contributed by atoms with E-state index in [1.54, 1.807) is 30.3 Å². The first-order valence-electron chi connectivity index (χ1n) is 10.2. The van der Waals surface area contributed by atoms with E-state index in [0.29, 0.717) is 28.8 Å². The van der Waals surface area contributed by atoms with Crippen molar-refractivity contribution in [1.29, 1.82) is 0 Å². The van der Waals surface area contributed by atoms with Crippen molar-refractivity contribution in [2.24, 2.45) is 5.92 Å². The van der Waals surface area contributed by atoms with Crippen molar-refractivity contribution in [3.05, 3.63) is 94.3 Å². The van der Waals surface area contributed by atoms with Crippen molar-refractivity contribution in [2.45, 2.75) is 37.3 Å². The second-order valence-corrected chi connectivity index (χ2v) is 8.46. The smallest absolute Gasteiger partial charge is 0.269 e. The largest absolute Gasteiger partial charge is 0.342 e. The van der Waals surface area contributed by atoms with E-state index in [0.717, 1.165) is 5.56 Å². The standard InChI is InChI=1S/C23H25N5O3S/c1-4-14-27-21(20(16(2)3)24-22(29)18-8-6-5-7-9-18)25-26-23(27)32-15-17-10-12-19(13-11-17)28(30)31/h4-13,16,20H,1,14-15H2,2-3H3,(H,24,29)/t20-/m1/s1. The third kappa shape index (κ3) is 5.61. The molecule has 0 aliphatic heterocycles. The van der Waals surface area contributed by atoms with Gasteiger partial charge in [-0.25, -0.2) is 0 Å². The van der Waals surface area contributed by atoms with Crippen LogP contribution >= 0.6 is 11.8 Å². The zero-order chi connectivity index (χ0) is 23.1. The molecule has 1 heterocycles. The molecule has 0 spiro atoms. The van der Waals surface area contributed by atoms with Gasteiger partial charge in [0.2, 0.25) is 0 Å². The molecule has 8 nitrogen and oxygen atoms in total. The van der Waals surface area contributed by atoms with Gasteiger partial charge in [0.15, 0.2) is 11.0 Å². The molecule has 0 fully saturated rings. The van der Waals surface area contributed by atoms with E-state index in [2.05, 4.69) is 22.1 Å². The SMILES string of the molecule is C=CCn1c(SCc2ccc([N+](=O)[O-])cc2)nnc1[C@H](NC(=O)c1ccccc1)C(C)C. The first-order valence-corrected chi connectivity index (χ1v) is 11.1. The number of nitrogens with one attached hydrogen (secondary N) is 1. The van der Waals surface area contributed by atoms with Gasteiger partial charge in [-0.05, 0) is 23.6 Å². The Hall–Kier alpha value is -3.46. The minimum atomic E-state index is -0.417. The first-order chi connectivity index (χ1) is 15.4. The number of nitro benzene ring substituents is 1. The molecular weight excluding hydrogens is 426 g/mol. The Kier molecular flexibility index (Phi) is 7.77. The molecule has 0 radical (unpaired) electrons. The van der Waals surface area contributed by atoms with Crippen LogP contribution < -0.4 is 5.32 Å². The topological polar surface area (TPSA) is 103 Å². The zero-order valence-corrected chi connectivity index (χ0v) is 18.8. The van der Waals surface area contributed by atoms with Gasteiger partial charge in [-0.3, -0.25) is 14.9 Å². The Morgan fingerprint density at radius 3 is 2.47 bits per heavy atom. The molecule has 3 aromatic rings. The van der Waals surface area contributed by atoms with E-state index in [4.69, 9.17) is 0 Å². The van der Waals surface area contributed by atoms with Gasteiger partial charge in [0.25, 0.3) is 11.6 Å². The van der Waals surface area contributed by atoms with Crippen LogP contribution in [0.2, 0.25) is 0 Å². The number of nitro groups is 1. The summed E-state index contributed by atoms with van der Waals surface area (Å²) < 4.78 is 1.94. The maximum absolute atomic E-state index is 12.8. The third-order valence-electron chi connectivity index (χ3n) is 4.84. The fraction of sp³-hybridized carbons (Fsp3) is 0.261. The Morgan fingerprint density at radius 1 is 1.19 bits per heavy atom. The Balaban J connectivity index is 1.80. The fourth-order valence-electron chi connectivity index (χ4n) is 3.14. The van der Waals surface area contributed by atoms with E-state index >= 15 is 0 Å². The minimum absolute atomic E-state index is 0.0600. The van der Waals surface area contributed by atoms with Gasteiger partial charge in [-0.1, -0.05) is 62.0 Å². The minimum Gasteiger partial charge on any atom is -0.342 e. The van der Waals surface area contributed by atoms with Gasteiger partial charge in [-0.15, -0.1) is 16.8 Å². The second-order valence-electron chi connectivity index (χ2n) is 7.51. The fourth-order valence-corrected chi connectivity index (χ4v) is 4.05. The number of nitrogens with zero attached hydrogens (tertiary/aromatic N) is 4. The molecule has 32 heavy (non-hydrogen) atoms. The Labute approximate surface area is 190 Å². The van der Waals surface area contributed by atoms with Gasteiger partial charge in [-0.2, -0.15) is 0 Å². The van der Waals surface area contributed by atoms with E-state index in [1.165, 1.54) is 23.9 Å². The summed E-state index contributed by atoms with van der Waals surface area (Å²) >= 11 is 1.48. The summed E-state index contributed by atoms with van der Waals surface area (Å²) in [5.74, 6) is 1.16. The van der Waals surface area contributed by atoms with Gasteiger partial charge >= 0.3 is 0 Å². The number of carbonyl (C=O) groups is 1. The lowest BCUT2D eigenvalue weighted by atomic mass is 10.0. The number of carbonyl (C=O) groups excluding carboxylic acids is 1. The molecule has 0 bridgehead atoms. The maximum Gasteiger partial charge on any atom is 0.269 e. The van der Waals surface area contributed by atoms with E-state index in [1.807, 2.05) is 36.6 Å². The van der Waals surface area contributed by atoms with Crippen molar-refractivity contribution < 1.29 is 9.72 Å². The number of hydrogen-bond donors (Lipinski definition) is 1. The predicted molar refractivity (Wildman–Crippen MR) is 124 cm³/mol. The predicted octanol–water partition coefficient (Wildman–Crippen LogP) is 4.79. The summed E-state index contributed by atoms with van der Waals surface area (Å²) in [5, 5.41) is 23.4. The second kappa shape index (κ2) is 10.7. The number of aromatic nitrogens is 3. The maximum atomic E-state index is 12.8. The lowest BCUT2D eigenvalue weighted by Gasteiger charge is -2.22. The number of amides is 1. The lowest BCUT2D eigenvalue weighted by molar-refractivity contribution is -0.384. The lowest BCUT2D eigenvalue weighted by Crippen LogP contribution is -2.33. The highest BCUT2D eigenvalue weighted by atomic mass is 32.2. The monoisotopic (exact) mass is 451 g/mol. The molecule has 2 aromatic carbocycles. The third-order valence-corrected chi connectivity index (χ3v) is 5.88. The summed E-state index contributed by atoms with van der Waals surface area (Å²) in [5.41, 5.74) is 1.58. The molecule has 3 rings (SSSR count). The van der Waals surface area contributed by atoms with Crippen LogP contribution in [0.4, 0.5) is 5.69 Å². The number of hydrogen-bond acceptors (Lipinski definition) is 6. The quantitative estimate of drug-likeness (QED) is 0.206. The molecule has 0 unspecified atom stereocenters. The summed E-state index contributed by atoms with van der Waals surface area (Å²) in [7, 11) is 0. The molecule has 166 valence electrons. The highest BCUT2D eigenvalue weighted by molar-refractivity contribution is 7.98. The van der Waals surface area contributed by atoms with E-state index in [9.17, 15) is 14.9 Å². The molecule has 0 saturated carbocycles. The van der Waals surface area contributed by atoms with Crippen LogP contribution in [0.15, 0.2) is 72.4 Å². The summed E-state index contributed by atoms with van der Waals surface area (Å²) in [6.45, 7) is 8.37. The van der Waals surface area contributed by atoms with Crippen LogP contribution in [-0.2, 0) is 12.3 Å². The van der Waals surface area contributed by atoms with Crippen LogP contribution in [0.5, 0.6) is 0 Å². The first kappa shape index (κ1) is 23.2. The summed E-state index contributed by atoms with van der Waals surface area (Å²) in [6.07, 6.45) is 1.76. The van der Waals surface area contributed by atoms with Crippen molar-refractivity contribution in [1.82, 2.24) is 20.1 Å². The van der Waals surface area contributed by atoms with Gasteiger partial charge < -0.3 is 9.88 Å². The molecule has 0 saturated heterocycles. The summed E-state index contributed by atoms with van der Waals surface area (Å²) in [4.78, 5) is 23.2. The number of thioether (sulfide) groups is 1. The molecule has 1 aromatic heterocycles. The Morgan fingerprint density at radius 2 is 1.88 bits per heavy atom. The molecule has 9 heteroatoms. The van der Waals surface area contributed by atoms with Crippen LogP contribution in [0.25, 0.3) is 0 Å². The van der Waals surface area contributed by atoms with E-state index < -0.39 is 4.92 Å². The van der Waals surface area contributed by atoms with Crippen molar-refractivity contribution in [2.75, 3.05) is 0 Å². The average Bonchev–Trinajstić information content (AvgIpc) is 3.19. The molecule has 1 N–H and O–H groups in total. The molecule has 1 amide bonds. The van der Waals surface area contributed by atoms with Gasteiger partial charge in [0.05, 0.1) is 11.0 Å². The van der Waals surface area contributed by atoms with Crippen LogP contribution in [0, 0.1) is 16.0 Å². The zero-order valence-electron chi connectivity index (χ0n) is 18.0. The molecule has 0 aliphatic carbocycles. The molecular formula is C23H25N5O3S. The summed E-state index contributed by atoms with van der Waals surface area (Å²) in [6, 6.07) is 15.2.